The third kappa shape index (κ3) is 3.97. The molecule has 0 nitrogen and oxygen atoms in total. The van der Waals surface area contributed by atoms with Crippen LogP contribution in [0.5, 0.6) is 0 Å². The van der Waals surface area contributed by atoms with Gasteiger partial charge in [-0.1, -0.05) is 0 Å². The van der Waals surface area contributed by atoms with E-state index >= 15 is 0 Å². The first kappa shape index (κ1) is 14.8. The summed E-state index contributed by atoms with van der Waals surface area (Å²) in [6.07, 6.45) is 24.3. The Balaban J connectivity index is 1.68. The fourth-order valence-corrected chi connectivity index (χ4v) is 25.6. The number of rotatable bonds is 3. The summed E-state index contributed by atoms with van der Waals surface area (Å²) in [5.41, 5.74) is 0. The van der Waals surface area contributed by atoms with Crippen molar-refractivity contribution in [1.82, 2.24) is 0 Å². The second-order valence-corrected chi connectivity index (χ2v) is 20.9. The molecule has 0 heterocycles. The third-order valence-corrected chi connectivity index (χ3v) is 24.0. The van der Waals surface area contributed by atoms with Crippen molar-refractivity contribution in [3.05, 3.63) is 0 Å². The number of hydrogen-bond donors (Lipinski definition) is 0. The fraction of sp³-hybridized carbons (Fsp3) is 1.00. The molecule has 0 atom stereocenters. The van der Waals surface area contributed by atoms with Gasteiger partial charge in [-0.15, -0.1) is 0 Å². The average molecular weight is 457 g/mol. The summed E-state index contributed by atoms with van der Waals surface area (Å²) in [6.45, 7) is 0. The van der Waals surface area contributed by atoms with Crippen LogP contribution in [0.3, 0.4) is 0 Å². The first-order chi connectivity index (χ1) is 9.45. The molecule has 0 aromatic rings. The second kappa shape index (κ2) is 7.80. The van der Waals surface area contributed by atoms with Crippen LogP contribution in [0.4, 0.5) is 0 Å². The summed E-state index contributed by atoms with van der Waals surface area (Å²) in [4.78, 5) is 0. The molecule has 19 heavy (non-hydrogen) atoms. The van der Waals surface area contributed by atoms with Crippen LogP contribution in [-0.4, -0.2) is 22.7 Å². The van der Waals surface area contributed by atoms with Crippen molar-refractivity contribution in [2.45, 2.75) is 107 Å². The molecule has 0 aliphatic heterocycles. The van der Waals surface area contributed by atoms with Crippen molar-refractivity contribution in [3.63, 3.8) is 0 Å². The maximum atomic E-state index is 1.68. The fourth-order valence-electron chi connectivity index (χ4n) is 5.31. The molecule has 0 N–H and O–H groups in total. The molecule has 0 spiro atoms. The molecular formula is C18H33Pb. The van der Waals surface area contributed by atoms with Crippen molar-refractivity contribution in [2.24, 2.45) is 0 Å². The van der Waals surface area contributed by atoms with E-state index in [0.29, 0.717) is 0 Å². The van der Waals surface area contributed by atoms with E-state index in [0.717, 1.165) is 0 Å². The molecule has 0 unspecified atom stereocenters. The summed E-state index contributed by atoms with van der Waals surface area (Å²) < 4.78 is 4.01. The van der Waals surface area contributed by atoms with Gasteiger partial charge in [0.15, 0.2) is 0 Å². The zero-order chi connectivity index (χ0) is 12.9. The number of hydrogen-bond acceptors (Lipinski definition) is 0. The van der Waals surface area contributed by atoms with Gasteiger partial charge >= 0.3 is 129 Å². The zero-order valence-electron chi connectivity index (χ0n) is 12.8. The van der Waals surface area contributed by atoms with E-state index < -0.39 is 22.7 Å². The Labute approximate surface area is 129 Å². The molecule has 0 amide bonds. The normalized spacial score (nSPS) is 28.9. The molecule has 0 bridgehead atoms. The molecule has 3 aliphatic carbocycles. The van der Waals surface area contributed by atoms with Gasteiger partial charge in [-0.2, -0.15) is 0 Å². The predicted octanol–water partition coefficient (Wildman–Crippen LogP) is 6.48. The third-order valence-electron chi connectivity index (χ3n) is 6.23. The Morgan fingerprint density at radius 3 is 0.895 bits per heavy atom. The van der Waals surface area contributed by atoms with Crippen LogP contribution < -0.4 is 0 Å². The molecule has 3 fully saturated rings. The van der Waals surface area contributed by atoms with E-state index in [4.69, 9.17) is 0 Å². The molecule has 0 saturated heterocycles. The molecule has 3 rings (SSSR count). The Morgan fingerprint density at radius 2 is 0.632 bits per heavy atom. The van der Waals surface area contributed by atoms with E-state index in [-0.39, 0.29) is 0 Å². The predicted molar refractivity (Wildman–Crippen MR) is 86.3 cm³/mol. The van der Waals surface area contributed by atoms with Crippen LogP contribution in [0.25, 0.3) is 0 Å². The molecule has 109 valence electrons. The molecule has 1 heteroatoms. The van der Waals surface area contributed by atoms with Gasteiger partial charge in [0.2, 0.25) is 0 Å². The van der Waals surface area contributed by atoms with E-state index in [1.165, 1.54) is 10.4 Å². The summed E-state index contributed by atoms with van der Waals surface area (Å²) in [5, 5.41) is 0. The maximum absolute atomic E-state index is 1.68. The van der Waals surface area contributed by atoms with Crippen LogP contribution in [0, 0.1) is 0 Å². The van der Waals surface area contributed by atoms with Gasteiger partial charge in [0.25, 0.3) is 0 Å². The molecule has 3 saturated carbocycles. The monoisotopic (exact) mass is 457 g/mol. The first-order valence-electron chi connectivity index (χ1n) is 9.32. The van der Waals surface area contributed by atoms with Crippen LogP contribution in [0.15, 0.2) is 0 Å². The van der Waals surface area contributed by atoms with Crippen molar-refractivity contribution in [1.29, 1.82) is 0 Å². The zero-order valence-corrected chi connectivity index (χ0v) is 16.7. The van der Waals surface area contributed by atoms with Crippen molar-refractivity contribution in [2.75, 3.05) is 0 Å². The van der Waals surface area contributed by atoms with Gasteiger partial charge in [-0.25, -0.2) is 0 Å². The summed E-state index contributed by atoms with van der Waals surface area (Å²) in [6, 6.07) is 0. The van der Waals surface area contributed by atoms with E-state index in [2.05, 4.69) is 0 Å². The van der Waals surface area contributed by atoms with Crippen molar-refractivity contribution < 1.29 is 0 Å². The van der Waals surface area contributed by atoms with Gasteiger partial charge in [-0.05, 0) is 0 Å². The van der Waals surface area contributed by atoms with Crippen LogP contribution in [0.1, 0.15) is 96.3 Å². The van der Waals surface area contributed by atoms with Crippen molar-refractivity contribution in [3.8, 4) is 0 Å². The molecule has 0 aromatic heterocycles. The topological polar surface area (TPSA) is 0 Å². The second-order valence-electron chi connectivity index (χ2n) is 7.50. The average Bonchev–Trinajstić information content (AvgIpc) is 2.51. The quantitative estimate of drug-likeness (QED) is 0.426. The van der Waals surface area contributed by atoms with Gasteiger partial charge in [0, 0.05) is 0 Å². The first-order valence-corrected chi connectivity index (χ1v) is 16.0. The summed E-state index contributed by atoms with van der Waals surface area (Å²) in [5.74, 6) is 0. The van der Waals surface area contributed by atoms with Gasteiger partial charge in [0.05, 0.1) is 0 Å². The van der Waals surface area contributed by atoms with Gasteiger partial charge in [-0.3, -0.25) is 0 Å². The van der Waals surface area contributed by atoms with Gasteiger partial charge in [0.1, 0.15) is 0 Å². The van der Waals surface area contributed by atoms with Crippen LogP contribution in [-0.2, 0) is 0 Å². The SMILES string of the molecule is C1CC[CH]([Pb]([CH]2CCCCC2)[CH]2CCCCC2)CC1. The molecular weight excluding hydrogens is 423 g/mol. The van der Waals surface area contributed by atoms with Crippen LogP contribution >= 0.6 is 0 Å². The minimum absolute atomic E-state index is 1.34. The van der Waals surface area contributed by atoms with E-state index in [1.807, 2.05) is 0 Å². The Bertz CT molecular complexity index is 202. The molecule has 1 radical (unpaired) electrons. The van der Waals surface area contributed by atoms with Gasteiger partial charge < -0.3 is 0 Å². The Kier molecular flexibility index (Phi) is 6.09. The van der Waals surface area contributed by atoms with Crippen LogP contribution in [0.2, 0.25) is 10.4 Å². The van der Waals surface area contributed by atoms with E-state index in [1.54, 1.807) is 96.3 Å². The Morgan fingerprint density at radius 1 is 0.368 bits per heavy atom. The summed E-state index contributed by atoms with van der Waals surface area (Å²) >= 11 is -1.34. The standard InChI is InChI=1S/3C6H11.Pb/c3*1-2-4-6-5-3-1;/h3*1H,2-6H2;. The van der Waals surface area contributed by atoms with E-state index in [9.17, 15) is 0 Å². The Hall–Kier alpha value is 0.922. The van der Waals surface area contributed by atoms with Crippen molar-refractivity contribution >= 4 is 22.7 Å². The molecule has 0 aromatic carbocycles. The molecule has 3 aliphatic rings. The minimum atomic E-state index is -1.34. The summed E-state index contributed by atoms with van der Waals surface area (Å²) in [7, 11) is 0.